The van der Waals surface area contributed by atoms with Crippen LogP contribution < -0.4 is 0 Å². The Morgan fingerprint density at radius 3 is 2.16 bits per heavy atom. The van der Waals surface area contributed by atoms with Crippen LogP contribution in [0.3, 0.4) is 0 Å². The average molecular weight is 279 g/mol. The van der Waals surface area contributed by atoms with Crippen molar-refractivity contribution in [3.63, 3.8) is 0 Å². The molecule has 0 N–H and O–H groups in total. The summed E-state index contributed by atoms with van der Waals surface area (Å²) in [7, 11) is -3.66. The molecule has 0 radical (unpaired) electrons. The molecule has 6 heteroatoms. The van der Waals surface area contributed by atoms with Crippen molar-refractivity contribution in [3.8, 4) is 0 Å². The summed E-state index contributed by atoms with van der Waals surface area (Å²) in [5.41, 5.74) is 1.01. The molecule has 1 aromatic carbocycles. The van der Waals surface area contributed by atoms with Crippen LogP contribution in [-0.2, 0) is 10.0 Å². The van der Waals surface area contributed by atoms with Crippen LogP contribution in [0.2, 0.25) is 0 Å². The lowest BCUT2D eigenvalue weighted by Crippen LogP contribution is -2.16. The highest BCUT2D eigenvalue weighted by Gasteiger charge is 2.22. The molecule has 5 nitrogen and oxygen atoms in total. The fourth-order valence-corrected chi connectivity index (χ4v) is 2.94. The van der Waals surface area contributed by atoms with E-state index < -0.39 is 10.0 Å². The zero-order valence-electron chi connectivity index (χ0n) is 11.5. The van der Waals surface area contributed by atoms with Gasteiger partial charge in [-0.25, -0.2) is 4.98 Å². The summed E-state index contributed by atoms with van der Waals surface area (Å²) >= 11 is 0. The molecule has 1 heterocycles. The summed E-state index contributed by atoms with van der Waals surface area (Å²) in [6.07, 6.45) is 0. The summed E-state index contributed by atoms with van der Waals surface area (Å²) in [5.74, 6) is 1.01. The topological polar surface area (TPSA) is 64.8 Å². The Bertz CT molecular complexity index is 685. The van der Waals surface area contributed by atoms with Crippen molar-refractivity contribution in [3.05, 3.63) is 41.5 Å². The van der Waals surface area contributed by atoms with E-state index in [0.29, 0.717) is 11.6 Å². The van der Waals surface area contributed by atoms with Crippen LogP contribution in [0.1, 0.15) is 37.0 Å². The third-order valence-corrected chi connectivity index (χ3v) is 4.48. The van der Waals surface area contributed by atoms with E-state index in [-0.39, 0.29) is 10.8 Å². The molecular formula is C13H17N3O2S. The van der Waals surface area contributed by atoms with Crippen LogP contribution in [0.15, 0.2) is 29.2 Å². The Hall–Kier alpha value is -1.69. The molecule has 0 unspecified atom stereocenters. The Morgan fingerprint density at radius 1 is 1.11 bits per heavy atom. The number of nitrogens with zero attached hydrogens (tertiary/aromatic N) is 3. The first kappa shape index (κ1) is 13.7. The van der Waals surface area contributed by atoms with Gasteiger partial charge in [-0.1, -0.05) is 31.5 Å². The quantitative estimate of drug-likeness (QED) is 0.864. The molecule has 19 heavy (non-hydrogen) atoms. The maximum Gasteiger partial charge on any atom is 0.284 e. The SMILES string of the molecule is Cc1ccc(S(=O)(=O)n2nc(C(C)C)nc2C)cc1. The number of rotatable bonds is 3. The zero-order chi connectivity index (χ0) is 14.2. The normalized spacial score (nSPS) is 12.1. The van der Waals surface area contributed by atoms with Gasteiger partial charge >= 0.3 is 0 Å². The van der Waals surface area contributed by atoms with E-state index in [1.54, 1.807) is 31.2 Å². The van der Waals surface area contributed by atoms with Crippen LogP contribution in [0.5, 0.6) is 0 Å². The molecule has 0 aliphatic carbocycles. The first-order valence-electron chi connectivity index (χ1n) is 6.08. The van der Waals surface area contributed by atoms with E-state index >= 15 is 0 Å². The van der Waals surface area contributed by atoms with Crippen molar-refractivity contribution < 1.29 is 8.42 Å². The highest BCUT2D eigenvalue weighted by molar-refractivity contribution is 7.89. The summed E-state index contributed by atoms with van der Waals surface area (Å²) in [4.78, 5) is 4.42. The first-order valence-corrected chi connectivity index (χ1v) is 7.52. The Balaban J connectivity index is 2.53. The van der Waals surface area contributed by atoms with E-state index in [9.17, 15) is 8.42 Å². The lowest BCUT2D eigenvalue weighted by Gasteiger charge is -2.05. The lowest BCUT2D eigenvalue weighted by molar-refractivity contribution is 0.576. The number of hydrogen-bond acceptors (Lipinski definition) is 4. The van der Waals surface area contributed by atoms with Crippen molar-refractivity contribution in [2.24, 2.45) is 0 Å². The van der Waals surface area contributed by atoms with Crippen molar-refractivity contribution >= 4 is 10.0 Å². The molecule has 0 aliphatic heterocycles. The summed E-state index contributed by atoms with van der Waals surface area (Å²) < 4.78 is 25.9. The van der Waals surface area contributed by atoms with Gasteiger partial charge in [0.1, 0.15) is 5.82 Å². The van der Waals surface area contributed by atoms with Gasteiger partial charge in [-0.05, 0) is 26.0 Å². The minimum Gasteiger partial charge on any atom is -0.215 e. The predicted molar refractivity (Wildman–Crippen MR) is 72.6 cm³/mol. The maximum atomic E-state index is 12.5. The maximum absolute atomic E-state index is 12.5. The van der Waals surface area contributed by atoms with Gasteiger partial charge in [-0.3, -0.25) is 0 Å². The van der Waals surface area contributed by atoms with Crippen LogP contribution in [-0.4, -0.2) is 22.6 Å². The highest BCUT2D eigenvalue weighted by Crippen LogP contribution is 2.17. The van der Waals surface area contributed by atoms with E-state index in [2.05, 4.69) is 10.1 Å². The summed E-state index contributed by atoms with van der Waals surface area (Å²) in [6.45, 7) is 7.41. The number of aromatic nitrogens is 3. The van der Waals surface area contributed by atoms with Crippen molar-refractivity contribution in [2.45, 2.75) is 38.5 Å². The van der Waals surface area contributed by atoms with E-state index in [4.69, 9.17) is 0 Å². The molecule has 2 rings (SSSR count). The van der Waals surface area contributed by atoms with Gasteiger partial charge in [0, 0.05) is 5.92 Å². The molecule has 0 atom stereocenters. The molecule has 0 fully saturated rings. The smallest absolute Gasteiger partial charge is 0.215 e. The predicted octanol–water partition coefficient (Wildman–Crippen LogP) is 2.26. The van der Waals surface area contributed by atoms with Gasteiger partial charge in [0.05, 0.1) is 4.90 Å². The molecule has 0 saturated heterocycles. The lowest BCUT2D eigenvalue weighted by atomic mass is 10.2. The fourth-order valence-electron chi connectivity index (χ4n) is 1.68. The second kappa shape index (κ2) is 4.77. The van der Waals surface area contributed by atoms with E-state index in [0.717, 1.165) is 9.65 Å². The van der Waals surface area contributed by atoms with Gasteiger partial charge in [0.15, 0.2) is 5.82 Å². The molecule has 1 aromatic heterocycles. The summed E-state index contributed by atoms with van der Waals surface area (Å²) in [6, 6.07) is 6.70. The van der Waals surface area contributed by atoms with Gasteiger partial charge in [-0.15, -0.1) is 9.19 Å². The number of aryl methyl sites for hydroxylation is 2. The number of benzene rings is 1. The Labute approximate surface area is 113 Å². The molecular weight excluding hydrogens is 262 g/mol. The monoisotopic (exact) mass is 279 g/mol. The van der Waals surface area contributed by atoms with E-state index in [1.807, 2.05) is 20.8 Å². The second-order valence-electron chi connectivity index (χ2n) is 4.83. The summed E-state index contributed by atoms with van der Waals surface area (Å²) in [5, 5.41) is 4.10. The van der Waals surface area contributed by atoms with E-state index in [1.165, 1.54) is 0 Å². The van der Waals surface area contributed by atoms with Crippen LogP contribution in [0.25, 0.3) is 0 Å². The molecule has 0 amide bonds. The standard InChI is InChI=1S/C13H17N3O2S/c1-9(2)13-14-11(4)16(15-13)19(17,18)12-7-5-10(3)6-8-12/h5-9H,1-4H3. The minimum atomic E-state index is -3.66. The highest BCUT2D eigenvalue weighted by atomic mass is 32.2. The third kappa shape index (κ3) is 2.53. The van der Waals surface area contributed by atoms with Gasteiger partial charge in [-0.2, -0.15) is 8.42 Å². The molecule has 0 saturated carbocycles. The van der Waals surface area contributed by atoms with Crippen LogP contribution in [0.4, 0.5) is 0 Å². The largest absolute Gasteiger partial charge is 0.284 e. The Morgan fingerprint density at radius 2 is 1.68 bits per heavy atom. The van der Waals surface area contributed by atoms with Crippen LogP contribution >= 0.6 is 0 Å². The molecule has 102 valence electrons. The van der Waals surface area contributed by atoms with Crippen molar-refractivity contribution in [1.82, 2.24) is 14.2 Å². The average Bonchev–Trinajstić information content (AvgIpc) is 2.73. The van der Waals surface area contributed by atoms with Gasteiger partial charge < -0.3 is 0 Å². The molecule has 0 bridgehead atoms. The number of hydrogen-bond donors (Lipinski definition) is 0. The van der Waals surface area contributed by atoms with Crippen molar-refractivity contribution in [1.29, 1.82) is 0 Å². The first-order chi connectivity index (χ1) is 8.82. The third-order valence-electron chi connectivity index (χ3n) is 2.81. The van der Waals surface area contributed by atoms with Gasteiger partial charge in [0.25, 0.3) is 10.0 Å². The molecule has 0 aliphatic rings. The fraction of sp³-hybridized carbons (Fsp3) is 0.385. The minimum absolute atomic E-state index is 0.0909. The molecule has 0 spiro atoms. The van der Waals surface area contributed by atoms with Crippen molar-refractivity contribution in [2.75, 3.05) is 0 Å². The molecule has 2 aromatic rings. The Kier molecular flexibility index (Phi) is 3.45. The second-order valence-corrected chi connectivity index (χ2v) is 6.60. The van der Waals surface area contributed by atoms with Gasteiger partial charge in [0.2, 0.25) is 0 Å². The zero-order valence-corrected chi connectivity index (χ0v) is 12.3. The van der Waals surface area contributed by atoms with Crippen LogP contribution in [0, 0.1) is 13.8 Å².